The molecule has 1 rings (SSSR count). The molecular weight excluding hydrogens is 216 g/mol. The maximum absolute atomic E-state index is 3.46. The van der Waals surface area contributed by atoms with Crippen LogP contribution in [0, 0.1) is 0 Å². The highest BCUT2D eigenvalue weighted by molar-refractivity contribution is 7.99. The normalized spacial score (nSPS) is 10.9. The van der Waals surface area contributed by atoms with Gasteiger partial charge >= 0.3 is 0 Å². The minimum absolute atomic E-state index is 1.08. The van der Waals surface area contributed by atoms with Crippen molar-refractivity contribution in [3.05, 3.63) is 30.3 Å². The van der Waals surface area contributed by atoms with E-state index < -0.39 is 0 Å². The van der Waals surface area contributed by atoms with Crippen LogP contribution in [-0.4, -0.2) is 43.9 Å². The number of rotatable bonds is 8. The predicted molar refractivity (Wildman–Crippen MR) is 73.2 cm³/mol. The molecule has 0 aliphatic rings. The topological polar surface area (TPSA) is 15.3 Å². The van der Waals surface area contributed by atoms with Crippen molar-refractivity contribution in [2.45, 2.75) is 11.8 Å². The second-order valence-corrected chi connectivity index (χ2v) is 4.98. The number of likely N-dealkylation sites (N-methyl/N-ethyl adjacent to an activating group) is 1. The van der Waals surface area contributed by atoms with Crippen LogP contribution in [-0.2, 0) is 0 Å². The maximum Gasteiger partial charge on any atom is 0.0106 e. The summed E-state index contributed by atoms with van der Waals surface area (Å²) < 4.78 is 0. The molecule has 16 heavy (non-hydrogen) atoms. The fraction of sp³-hybridized carbons (Fsp3) is 0.538. The Morgan fingerprint density at radius 2 is 1.94 bits per heavy atom. The molecule has 0 bridgehead atoms. The number of nitrogens with one attached hydrogen (secondary N) is 1. The van der Waals surface area contributed by atoms with Crippen molar-refractivity contribution in [3.63, 3.8) is 0 Å². The molecule has 1 aromatic carbocycles. The summed E-state index contributed by atoms with van der Waals surface area (Å²) in [5.74, 6) is 1.14. The lowest BCUT2D eigenvalue weighted by molar-refractivity contribution is 0.351. The van der Waals surface area contributed by atoms with Gasteiger partial charge in [0.25, 0.3) is 0 Å². The minimum atomic E-state index is 1.08. The Hall–Kier alpha value is -0.510. The van der Waals surface area contributed by atoms with Crippen LogP contribution in [0.1, 0.15) is 6.92 Å². The third-order valence-corrected chi connectivity index (χ3v) is 3.51. The fourth-order valence-corrected chi connectivity index (χ4v) is 2.14. The second-order valence-electron chi connectivity index (χ2n) is 3.81. The largest absolute Gasteiger partial charge is 0.315 e. The van der Waals surface area contributed by atoms with Gasteiger partial charge in [0.15, 0.2) is 0 Å². The van der Waals surface area contributed by atoms with Crippen LogP contribution >= 0.6 is 11.8 Å². The number of nitrogens with zero attached hydrogens (tertiary/aromatic N) is 1. The molecule has 0 saturated carbocycles. The van der Waals surface area contributed by atoms with Crippen molar-refractivity contribution in [2.75, 3.05) is 39.0 Å². The highest BCUT2D eigenvalue weighted by Gasteiger charge is 1.94. The van der Waals surface area contributed by atoms with Crippen molar-refractivity contribution < 1.29 is 0 Å². The Balaban J connectivity index is 1.96. The van der Waals surface area contributed by atoms with Crippen LogP contribution in [0.25, 0.3) is 0 Å². The van der Waals surface area contributed by atoms with Gasteiger partial charge in [-0.25, -0.2) is 0 Å². The molecular formula is C13H22N2S. The zero-order valence-corrected chi connectivity index (χ0v) is 11.1. The van der Waals surface area contributed by atoms with Crippen LogP contribution in [0.2, 0.25) is 0 Å². The summed E-state index contributed by atoms with van der Waals surface area (Å²) in [7, 11) is 2.15. The highest BCUT2D eigenvalue weighted by atomic mass is 32.2. The van der Waals surface area contributed by atoms with E-state index in [1.165, 1.54) is 4.90 Å². The van der Waals surface area contributed by atoms with Crippen molar-refractivity contribution in [3.8, 4) is 0 Å². The quantitative estimate of drug-likeness (QED) is 0.553. The molecule has 0 saturated heterocycles. The van der Waals surface area contributed by atoms with E-state index in [2.05, 4.69) is 54.5 Å². The number of benzene rings is 1. The summed E-state index contributed by atoms with van der Waals surface area (Å²) in [6.45, 7) is 6.61. The molecule has 3 heteroatoms. The predicted octanol–water partition coefficient (Wildman–Crippen LogP) is 2.32. The lowest BCUT2D eigenvalue weighted by Crippen LogP contribution is -2.30. The van der Waals surface area contributed by atoms with Crippen molar-refractivity contribution in [1.82, 2.24) is 10.2 Å². The summed E-state index contributed by atoms with van der Waals surface area (Å²) in [5.41, 5.74) is 0. The standard InChI is InChI=1S/C13H22N2S/c1-3-15(2)11-9-14-10-12-16-13-7-5-4-6-8-13/h4-8,14H,3,9-12H2,1-2H3. The van der Waals surface area contributed by atoms with Crippen LogP contribution < -0.4 is 5.32 Å². The molecule has 0 atom stereocenters. The molecule has 0 unspecified atom stereocenters. The zero-order valence-electron chi connectivity index (χ0n) is 10.3. The summed E-state index contributed by atoms with van der Waals surface area (Å²) in [4.78, 5) is 3.67. The molecule has 0 spiro atoms. The van der Waals surface area contributed by atoms with Gasteiger partial charge in [0, 0.05) is 30.3 Å². The van der Waals surface area contributed by atoms with Crippen LogP contribution in [0.15, 0.2) is 35.2 Å². The second kappa shape index (κ2) is 8.62. The minimum Gasteiger partial charge on any atom is -0.315 e. The first-order chi connectivity index (χ1) is 7.83. The Labute approximate surface area is 103 Å². The van der Waals surface area contributed by atoms with E-state index in [-0.39, 0.29) is 0 Å². The van der Waals surface area contributed by atoms with Crippen LogP contribution in [0.5, 0.6) is 0 Å². The molecule has 1 N–H and O–H groups in total. The molecule has 0 fully saturated rings. The Bertz CT molecular complexity index is 264. The lowest BCUT2D eigenvalue weighted by atomic mass is 10.4. The summed E-state index contributed by atoms with van der Waals surface area (Å²) >= 11 is 1.91. The monoisotopic (exact) mass is 238 g/mol. The van der Waals surface area contributed by atoms with Crippen molar-refractivity contribution >= 4 is 11.8 Å². The molecule has 2 nitrogen and oxygen atoms in total. The SMILES string of the molecule is CCN(C)CCNCCSc1ccccc1. The molecule has 0 aliphatic heterocycles. The smallest absolute Gasteiger partial charge is 0.0106 e. The third kappa shape index (κ3) is 6.16. The molecule has 1 aromatic rings. The van der Waals surface area contributed by atoms with Gasteiger partial charge in [0.05, 0.1) is 0 Å². The first-order valence-electron chi connectivity index (χ1n) is 5.90. The van der Waals surface area contributed by atoms with Crippen LogP contribution in [0.4, 0.5) is 0 Å². The molecule has 0 radical (unpaired) electrons. The van der Waals surface area contributed by atoms with E-state index in [4.69, 9.17) is 0 Å². The van der Waals surface area contributed by atoms with Gasteiger partial charge in [0.2, 0.25) is 0 Å². The Kier molecular flexibility index (Phi) is 7.30. The van der Waals surface area contributed by atoms with E-state index in [1.54, 1.807) is 0 Å². The fourth-order valence-electron chi connectivity index (χ4n) is 1.31. The van der Waals surface area contributed by atoms with E-state index >= 15 is 0 Å². The number of hydrogen-bond acceptors (Lipinski definition) is 3. The molecule has 90 valence electrons. The Morgan fingerprint density at radius 1 is 1.19 bits per heavy atom. The van der Waals surface area contributed by atoms with Gasteiger partial charge in [-0.2, -0.15) is 0 Å². The van der Waals surface area contributed by atoms with Gasteiger partial charge in [0.1, 0.15) is 0 Å². The molecule has 0 amide bonds. The third-order valence-electron chi connectivity index (χ3n) is 2.50. The lowest BCUT2D eigenvalue weighted by Gasteiger charge is -2.13. The van der Waals surface area contributed by atoms with Crippen LogP contribution in [0.3, 0.4) is 0 Å². The summed E-state index contributed by atoms with van der Waals surface area (Å²) in [6, 6.07) is 10.6. The van der Waals surface area contributed by atoms with Crippen molar-refractivity contribution in [2.24, 2.45) is 0 Å². The van der Waals surface area contributed by atoms with Gasteiger partial charge in [-0.1, -0.05) is 25.1 Å². The van der Waals surface area contributed by atoms with Gasteiger partial charge in [-0.15, -0.1) is 11.8 Å². The number of hydrogen-bond donors (Lipinski definition) is 1. The Morgan fingerprint density at radius 3 is 2.62 bits per heavy atom. The number of thioether (sulfide) groups is 1. The van der Waals surface area contributed by atoms with E-state index in [9.17, 15) is 0 Å². The van der Waals surface area contributed by atoms with Gasteiger partial charge in [-0.3, -0.25) is 0 Å². The molecule has 0 heterocycles. The first-order valence-corrected chi connectivity index (χ1v) is 6.88. The first kappa shape index (κ1) is 13.6. The van der Waals surface area contributed by atoms with E-state index in [1.807, 2.05) is 11.8 Å². The molecule has 0 aromatic heterocycles. The summed E-state index contributed by atoms with van der Waals surface area (Å²) in [6.07, 6.45) is 0. The zero-order chi connectivity index (χ0) is 11.6. The summed E-state index contributed by atoms with van der Waals surface area (Å²) in [5, 5.41) is 3.46. The average Bonchev–Trinajstić information content (AvgIpc) is 2.34. The average molecular weight is 238 g/mol. The maximum atomic E-state index is 3.46. The van der Waals surface area contributed by atoms with Gasteiger partial charge < -0.3 is 10.2 Å². The van der Waals surface area contributed by atoms with Gasteiger partial charge in [-0.05, 0) is 25.7 Å². The van der Waals surface area contributed by atoms with Crippen molar-refractivity contribution in [1.29, 1.82) is 0 Å². The van der Waals surface area contributed by atoms with E-state index in [0.717, 1.165) is 31.9 Å². The molecule has 0 aliphatic carbocycles. The highest BCUT2D eigenvalue weighted by Crippen LogP contribution is 2.15. The van der Waals surface area contributed by atoms with E-state index in [0.29, 0.717) is 0 Å².